The van der Waals surface area contributed by atoms with E-state index in [9.17, 15) is 9.59 Å². The van der Waals surface area contributed by atoms with Gasteiger partial charge in [0.25, 0.3) is 5.91 Å². The third-order valence-electron chi connectivity index (χ3n) is 2.05. The number of rotatable bonds is 5. The van der Waals surface area contributed by atoms with Gasteiger partial charge in [-0.3, -0.25) is 4.79 Å². The lowest BCUT2D eigenvalue weighted by Crippen LogP contribution is -2.41. The molecule has 0 aliphatic carbocycles. The molecule has 7 heteroatoms. The number of carbonyl (C=O) groups excluding carboxylic acids is 1. The Morgan fingerprint density at radius 1 is 1.47 bits per heavy atom. The first-order valence-electron chi connectivity index (χ1n) is 5.07. The second-order valence-corrected chi connectivity index (χ2v) is 3.78. The lowest BCUT2D eigenvalue weighted by molar-refractivity contribution is -0.139. The molecule has 92 valence electrons. The van der Waals surface area contributed by atoms with E-state index in [1.807, 2.05) is 6.92 Å². The second kappa shape index (κ2) is 6.15. The van der Waals surface area contributed by atoms with Gasteiger partial charge < -0.3 is 10.4 Å². The number of nitrogens with one attached hydrogen (secondary N) is 1. The van der Waals surface area contributed by atoms with Gasteiger partial charge in [-0.1, -0.05) is 24.9 Å². The quantitative estimate of drug-likeness (QED) is 0.824. The summed E-state index contributed by atoms with van der Waals surface area (Å²) in [6, 6.07) is 1.89. The molecule has 0 bridgehead atoms. The molecule has 1 aromatic heterocycles. The van der Waals surface area contributed by atoms with Crippen LogP contribution < -0.4 is 5.32 Å². The molecular formula is C10H12ClN3O3. The van der Waals surface area contributed by atoms with Crippen molar-refractivity contribution in [1.29, 1.82) is 0 Å². The zero-order valence-electron chi connectivity index (χ0n) is 9.18. The van der Waals surface area contributed by atoms with E-state index in [4.69, 9.17) is 16.7 Å². The Labute approximate surface area is 103 Å². The molecule has 0 aliphatic rings. The van der Waals surface area contributed by atoms with Crippen LogP contribution in [0.2, 0.25) is 5.15 Å². The van der Waals surface area contributed by atoms with Crippen LogP contribution in [0, 0.1) is 0 Å². The number of halogens is 1. The summed E-state index contributed by atoms with van der Waals surface area (Å²) in [6.45, 7) is 1.84. The largest absolute Gasteiger partial charge is 0.480 e. The van der Waals surface area contributed by atoms with Crippen molar-refractivity contribution in [3.63, 3.8) is 0 Å². The van der Waals surface area contributed by atoms with E-state index < -0.39 is 17.9 Å². The third kappa shape index (κ3) is 3.99. The zero-order chi connectivity index (χ0) is 12.8. The number of carboxylic acid groups (broad SMARTS) is 1. The molecule has 2 N–H and O–H groups in total. The fourth-order valence-electron chi connectivity index (χ4n) is 1.22. The van der Waals surface area contributed by atoms with E-state index in [0.29, 0.717) is 12.8 Å². The molecule has 1 amide bonds. The average Bonchev–Trinajstić information content (AvgIpc) is 2.29. The summed E-state index contributed by atoms with van der Waals surface area (Å²) in [5.74, 6) is -1.64. The summed E-state index contributed by atoms with van der Waals surface area (Å²) >= 11 is 5.52. The highest BCUT2D eigenvalue weighted by atomic mass is 35.5. The lowest BCUT2D eigenvalue weighted by atomic mass is 10.1. The SMILES string of the molecule is CCC[C@H](NC(=O)c1ccc(Cl)nn1)C(=O)O. The van der Waals surface area contributed by atoms with Gasteiger partial charge in [0, 0.05) is 0 Å². The predicted octanol–water partition coefficient (Wildman–Crippen LogP) is 1.11. The molecule has 0 saturated carbocycles. The van der Waals surface area contributed by atoms with E-state index in [1.54, 1.807) is 0 Å². The van der Waals surface area contributed by atoms with Crippen molar-refractivity contribution in [2.45, 2.75) is 25.8 Å². The number of carbonyl (C=O) groups is 2. The first-order chi connectivity index (χ1) is 8.04. The maximum Gasteiger partial charge on any atom is 0.326 e. The minimum Gasteiger partial charge on any atom is -0.480 e. The van der Waals surface area contributed by atoms with Crippen molar-refractivity contribution >= 4 is 23.5 Å². The Hall–Kier alpha value is -1.69. The Balaban J connectivity index is 2.70. The monoisotopic (exact) mass is 257 g/mol. The molecular weight excluding hydrogens is 246 g/mol. The number of hydrogen-bond donors (Lipinski definition) is 2. The third-order valence-corrected chi connectivity index (χ3v) is 2.25. The number of hydrogen-bond acceptors (Lipinski definition) is 4. The minimum absolute atomic E-state index is 0.0387. The maximum atomic E-state index is 11.6. The normalized spacial score (nSPS) is 11.9. The van der Waals surface area contributed by atoms with Crippen LogP contribution in [-0.2, 0) is 4.79 Å². The van der Waals surface area contributed by atoms with Crippen LogP contribution in [0.5, 0.6) is 0 Å². The first-order valence-corrected chi connectivity index (χ1v) is 5.45. The molecule has 0 aliphatic heterocycles. The molecule has 0 aromatic carbocycles. The van der Waals surface area contributed by atoms with Crippen LogP contribution in [-0.4, -0.2) is 33.2 Å². The summed E-state index contributed by atoms with van der Waals surface area (Å²) in [6.07, 6.45) is 1.02. The smallest absolute Gasteiger partial charge is 0.326 e. The van der Waals surface area contributed by atoms with Gasteiger partial charge in [-0.15, -0.1) is 10.2 Å². The fraction of sp³-hybridized carbons (Fsp3) is 0.400. The molecule has 1 rings (SSSR count). The first kappa shape index (κ1) is 13.4. The predicted molar refractivity (Wildman–Crippen MR) is 60.8 cm³/mol. The highest BCUT2D eigenvalue weighted by Gasteiger charge is 2.20. The fourth-order valence-corrected chi connectivity index (χ4v) is 1.32. The Morgan fingerprint density at radius 3 is 2.65 bits per heavy atom. The Kier molecular flexibility index (Phi) is 4.84. The van der Waals surface area contributed by atoms with Crippen molar-refractivity contribution in [2.75, 3.05) is 0 Å². The van der Waals surface area contributed by atoms with E-state index in [2.05, 4.69) is 15.5 Å². The van der Waals surface area contributed by atoms with Gasteiger partial charge in [0.15, 0.2) is 10.8 Å². The minimum atomic E-state index is -1.07. The zero-order valence-corrected chi connectivity index (χ0v) is 9.94. The second-order valence-electron chi connectivity index (χ2n) is 3.39. The summed E-state index contributed by atoms with van der Waals surface area (Å²) in [5, 5.41) is 18.5. The van der Waals surface area contributed by atoms with Gasteiger partial charge in [-0.25, -0.2) is 4.79 Å². The van der Waals surface area contributed by atoms with E-state index in [1.165, 1.54) is 12.1 Å². The van der Waals surface area contributed by atoms with Gasteiger partial charge in [0.05, 0.1) is 0 Å². The molecule has 0 unspecified atom stereocenters. The van der Waals surface area contributed by atoms with Crippen molar-refractivity contribution < 1.29 is 14.7 Å². The highest BCUT2D eigenvalue weighted by Crippen LogP contribution is 2.03. The Bertz CT molecular complexity index is 408. The van der Waals surface area contributed by atoms with Gasteiger partial charge in [-0.05, 0) is 18.6 Å². The highest BCUT2D eigenvalue weighted by molar-refractivity contribution is 6.29. The lowest BCUT2D eigenvalue weighted by Gasteiger charge is -2.12. The van der Waals surface area contributed by atoms with Crippen molar-refractivity contribution in [2.24, 2.45) is 0 Å². The molecule has 1 atom stereocenters. The molecule has 1 aromatic rings. The summed E-state index contributed by atoms with van der Waals surface area (Å²) < 4.78 is 0. The Morgan fingerprint density at radius 2 is 2.18 bits per heavy atom. The molecule has 0 radical (unpaired) electrons. The summed E-state index contributed by atoms with van der Waals surface area (Å²) in [5.41, 5.74) is 0.0387. The van der Waals surface area contributed by atoms with E-state index >= 15 is 0 Å². The van der Waals surface area contributed by atoms with Crippen LogP contribution in [0.25, 0.3) is 0 Å². The summed E-state index contributed by atoms with van der Waals surface area (Å²) in [7, 11) is 0. The molecule has 0 fully saturated rings. The van der Waals surface area contributed by atoms with Crippen LogP contribution in [0.3, 0.4) is 0 Å². The average molecular weight is 258 g/mol. The number of carboxylic acids is 1. The van der Waals surface area contributed by atoms with Crippen molar-refractivity contribution in [3.8, 4) is 0 Å². The number of nitrogens with zero attached hydrogens (tertiary/aromatic N) is 2. The maximum absolute atomic E-state index is 11.6. The van der Waals surface area contributed by atoms with Crippen LogP contribution >= 0.6 is 11.6 Å². The van der Waals surface area contributed by atoms with Gasteiger partial charge >= 0.3 is 5.97 Å². The number of aliphatic carboxylic acids is 1. The van der Waals surface area contributed by atoms with Gasteiger partial charge in [0.2, 0.25) is 0 Å². The van der Waals surface area contributed by atoms with Gasteiger partial charge in [0.1, 0.15) is 6.04 Å². The van der Waals surface area contributed by atoms with E-state index in [0.717, 1.165) is 0 Å². The van der Waals surface area contributed by atoms with E-state index in [-0.39, 0.29) is 10.8 Å². The van der Waals surface area contributed by atoms with Crippen LogP contribution in [0.1, 0.15) is 30.3 Å². The van der Waals surface area contributed by atoms with Gasteiger partial charge in [-0.2, -0.15) is 0 Å². The number of amides is 1. The standard InChI is InChI=1S/C10H12ClN3O3/c1-2-3-7(10(16)17)12-9(15)6-4-5-8(11)14-13-6/h4-5,7H,2-3H2,1H3,(H,12,15)(H,16,17)/t7-/m0/s1. The molecule has 1 heterocycles. The number of aromatic nitrogens is 2. The molecule has 0 saturated heterocycles. The van der Waals surface area contributed by atoms with Crippen molar-refractivity contribution in [1.82, 2.24) is 15.5 Å². The van der Waals surface area contributed by atoms with Crippen molar-refractivity contribution in [3.05, 3.63) is 23.0 Å². The molecule has 17 heavy (non-hydrogen) atoms. The van der Waals surface area contributed by atoms with Crippen LogP contribution in [0.4, 0.5) is 0 Å². The van der Waals surface area contributed by atoms with Crippen LogP contribution in [0.15, 0.2) is 12.1 Å². The topological polar surface area (TPSA) is 92.2 Å². The summed E-state index contributed by atoms with van der Waals surface area (Å²) in [4.78, 5) is 22.5. The molecule has 6 nitrogen and oxygen atoms in total. The molecule has 0 spiro atoms.